The number of aliphatic hydroxyl groups is 1. The minimum atomic E-state index is -1.31. The van der Waals surface area contributed by atoms with E-state index >= 15 is 0 Å². The molecule has 4 nitrogen and oxygen atoms in total. The highest BCUT2D eigenvalue weighted by molar-refractivity contribution is 6.41. The van der Waals surface area contributed by atoms with Crippen molar-refractivity contribution in [3.8, 4) is 0 Å². The Labute approximate surface area is 198 Å². The minimum Gasteiger partial charge on any atom is -0.387 e. The number of carbonyl (C=O) groups excluding carboxylic acids is 2. The normalized spacial score (nSPS) is 24.9. The molecule has 5 heteroatoms. The third-order valence-corrected chi connectivity index (χ3v) is 7.28. The van der Waals surface area contributed by atoms with E-state index in [1.54, 1.807) is 11.0 Å². The highest BCUT2D eigenvalue weighted by Gasteiger charge is 2.62. The summed E-state index contributed by atoms with van der Waals surface area (Å²) in [7, 11) is 0. The summed E-state index contributed by atoms with van der Waals surface area (Å²) >= 11 is 6.56. The third kappa shape index (κ3) is 3.60. The number of ketones is 1. The van der Waals surface area contributed by atoms with Crippen LogP contribution in [0.4, 0.5) is 0 Å². The van der Waals surface area contributed by atoms with Gasteiger partial charge in [0, 0.05) is 24.0 Å². The molecule has 3 aromatic carbocycles. The summed E-state index contributed by atoms with van der Waals surface area (Å²) in [4.78, 5) is 28.6. The van der Waals surface area contributed by atoms with Crippen LogP contribution in [-0.4, -0.2) is 34.3 Å². The highest BCUT2D eigenvalue weighted by atomic mass is 35.5. The van der Waals surface area contributed by atoms with E-state index in [0.29, 0.717) is 23.6 Å². The van der Waals surface area contributed by atoms with Crippen LogP contribution in [0.25, 0.3) is 5.57 Å². The number of Topliss-reactive ketones (excluding diaryl/α,β-unsaturated/α-hetero) is 1. The van der Waals surface area contributed by atoms with Gasteiger partial charge in [0.25, 0.3) is 5.91 Å². The average molecular weight is 458 g/mol. The fourth-order valence-electron chi connectivity index (χ4n) is 5.32. The summed E-state index contributed by atoms with van der Waals surface area (Å²) in [5, 5.41) is 12.3. The first-order valence-electron chi connectivity index (χ1n) is 11.1. The monoisotopic (exact) mass is 457 g/mol. The predicted molar refractivity (Wildman–Crippen MR) is 129 cm³/mol. The van der Waals surface area contributed by atoms with Gasteiger partial charge >= 0.3 is 0 Å². The molecule has 1 heterocycles. The zero-order valence-electron chi connectivity index (χ0n) is 18.0. The van der Waals surface area contributed by atoms with E-state index in [1.807, 2.05) is 84.9 Å². The summed E-state index contributed by atoms with van der Waals surface area (Å²) in [5.41, 5.74) is 1.94. The van der Waals surface area contributed by atoms with Gasteiger partial charge in [-0.1, -0.05) is 96.5 Å². The Morgan fingerprint density at radius 1 is 0.909 bits per heavy atom. The molecule has 5 rings (SSSR count). The van der Waals surface area contributed by atoms with Crippen LogP contribution < -0.4 is 0 Å². The molecule has 1 saturated heterocycles. The maximum Gasteiger partial charge on any atom is 0.291 e. The lowest BCUT2D eigenvalue weighted by Crippen LogP contribution is -2.50. The maximum absolute atomic E-state index is 13.7. The summed E-state index contributed by atoms with van der Waals surface area (Å²) in [6, 6.07) is 26.5. The van der Waals surface area contributed by atoms with Crippen LogP contribution in [0.2, 0.25) is 5.02 Å². The molecular weight excluding hydrogens is 434 g/mol. The Balaban J connectivity index is 1.61. The second-order valence-electron chi connectivity index (χ2n) is 8.75. The predicted octanol–water partition coefficient (Wildman–Crippen LogP) is 4.87. The molecule has 2 aliphatic rings. The SMILES string of the molecule is O=C1C(=O)[C@@]2(CN1Cc1ccccc1)[C@@H](c1ccccc1Cl)CC=C(c1ccccc1)[C@@H]2O. The molecule has 0 radical (unpaired) electrons. The van der Waals surface area contributed by atoms with Crippen LogP contribution >= 0.6 is 11.6 Å². The minimum absolute atomic E-state index is 0.140. The molecule has 3 aromatic rings. The fraction of sp³-hybridized carbons (Fsp3) is 0.214. The molecule has 3 atom stereocenters. The summed E-state index contributed by atoms with van der Waals surface area (Å²) in [5.74, 6) is -1.51. The lowest BCUT2D eigenvalue weighted by molar-refractivity contribution is -0.144. The average Bonchev–Trinajstić information content (AvgIpc) is 3.08. The standard InChI is InChI=1S/C28H24ClNO3/c29-24-14-8-7-13-22(24)23-16-15-21(20-11-5-2-6-12-20)25(31)28(23)18-30(27(33)26(28)32)17-19-9-3-1-4-10-19/h1-15,23,25,31H,16-18H2/t23-,25+,28+/m1/s1. The lowest BCUT2D eigenvalue weighted by atomic mass is 9.60. The highest BCUT2D eigenvalue weighted by Crippen LogP contribution is 2.54. The number of allylic oxidation sites excluding steroid dienone is 1. The van der Waals surface area contributed by atoms with Crippen LogP contribution in [0.3, 0.4) is 0 Å². The number of nitrogens with zero attached hydrogens (tertiary/aromatic N) is 1. The number of amides is 1. The molecule has 0 aromatic heterocycles. The van der Waals surface area contributed by atoms with Crippen molar-refractivity contribution >= 4 is 28.9 Å². The Hall–Kier alpha value is -3.21. The van der Waals surface area contributed by atoms with E-state index in [0.717, 1.165) is 16.7 Å². The van der Waals surface area contributed by atoms with Crippen molar-refractivity contribution in [1.82, 2.24) is 4.90 Å². The van der Waals surface area contributed by atoms with Crippen molar-refractivity contribution in [2.24, 2.45) is 5.41 Å². The van der Waals surface area contributed by atoms with Crippen molar-refractivity contribution in [3.63, 3.8) is 0 Å². The number of likely N-dealkylation sites (tertiary alicyclic amines) is 1. The van der Waals surface area contributed by atoms with E-state index in [9.17, 15) is 14.7 Å². The molecule has 1 spiro atoms. The Morgan fingerprint density at radius 2 is 1.55 bits per heavy atom. The second-order valence-corrected chi connectivity index (χ2v) is 9.16. The number of benzene rings is 3. The molecule has 0 saturated carbocycles. The van der Waals surface area contributed by atoms with Crippen LogP contribution in [0, 0.1) is 5.41 Å². The van der Waals surface area contributed by atoms with Gasteiger partial charge in [-0.25, -0.2) is 0 Å². The summed E-state index contributed by atoms with van der Waals surface area (Å²) < 4.78 is 0. The summed E-state index contributed by atoms with van der Waals surface area (Å²) in [6.07, 6.45) is 1.35. The Kier molecular flexibility index (Phi) is 5.65. The number of hydrogen-bond acceptors (Lipinski definition) is 3. The van der Waals surface area contributed by atoms with Gasteiger partial charge in [0.2, 0.25) is 5.78 Å². The first-order chi connectivity index (χ1) is 16.0. The number of halogens is 1. The topological polar surface area (TPSA) is 57.6 Å². The van der Waals surface area contributed by atoms with Gasteiger partial charge in [-0.15, -0.1) is 0 Å². The molecule has 1 N–H and O–H groups in total. The van der Waals surface area contributed by atoms with Crippen LogP contribution in [0.15, 0.2) is 91.0 Å². The van der Waals surface area contributed by atoms with E-state index in [-0.39, 0.29) is 6.54 Å². The van der Waals surface area contributed by atoms with Crippen LogP contribution in [0.1, 0.15) is 29.0 Å². The first-order valence-corrected chi connectivity index (χ1v) is 11.5. The van der Waals surface area contributed by atoms with Gasteiger partial charge in [0.1, 0.15) is 0 Å². The van der Waals surface area contributed by atoms with Crippen molar-refractivity contribution in [1.29, 1.82) is 0 Å². The molecule has 0 unspecified atom stereocenters. The van der Waals surface area contributed by atoms with Crippen LogP contribution in [-0.2, 0) is 16.1 Å². The van der Waals surface area contributed by atoms with Gasteiger partial charge in [-0.3, -0.25) is 9.59 Å². The third-order valence-electron chi connectivity index (χ3n) is 6.94. The molecule has 166 valence electrons. The van der Waals surface area contributed by atoms with E-state index in [4.69, 9.17) is 11.6 Å². The molecule has 1 aliphatic carbocycles. The zero-order valence-corrected chi connectivity index (χ0v) is 18.8. The van der Waals surface area contributed by atoms with Crippen LogP contribution in [0.5, 0.6) is 0 Å². The van der Waals surface area contributed by atoms with Gasteiger partial charge in [0.15, 0.2) is 0 Å². The van der Waals surface area contributed by atoms with Crippen molar-refractivity contribution in [2.45, 2.75) is 25.0 Å². The number of carbonyl (C=O) groups is 2. The molecule has 0 bridgehead atoms. The van der Waals surface area contributed by atoms with Gasteiger partial charge < -0.3 is 10.0 Å². The fourth-order valence-corrected chi connectivity index (χ4v) is 5.58. The molecular formula is C28H24ClNO3. The lowest BCUT2D eigenvalue weighted by Gasteiger charge is -2.43. The van der Waals surface area contributed by atoms with E-state index in [1.165, 1.54) is 0 Å². The largest absolute Gasteiger partial charge is 0.387 e. The first kappa shape index (κ1) is 21.6. The molecule has 1 amide bonds. The van der Waals surface area contributed by atoms with Gasteiger partial charge in [-0.05, 0) is 34.8 Å². The smallest absolute Gasteiger partial charge is 0.291 e. The summed E-state index contributed by atoms with van der Waals surface area (Å²) in [6.45, 7) is 0.459. The van der Waals surface area contributed by atoms with Crippen molar-refractivity contribution in [2.75, 3.05) is 6.54 Å². The molecule has 1 fully saturated rings. The zero-order chi connectivity index (χ0) is 23.0. The Morgan fingerprint density at radius 3 is 2.24 bits per heavy atom. The molecule has 33 heavy (non-hydrogen) atoms. The van der Waals surface area contributed by atoms with E-state index in [2.05, 4.69) is 0 Å². The Bertz CT molecular complexity index is 1220. The second kappa shape index (κ2) is 8.62. The number of rotatable bonds is 4. The van der Waals surface area contributed by atoms with Crippen molar-refractivity contribution in [3.05, 3.63) is 113 Å². The maximum atomic E-state index is 13.7. The quantitative estimate of drug-likeness (QED) is 0.568. The molecule has 1 aliphatic heterocycles. The van der Waals surface area contributed by atoms with E-state index < -0.39 is 29.1 Å². The van der Waals surface area contributed by atoms with Gasteiger partial charge in [0.05, 0.1) is 11.5 Å². The van der Waals surface area contributed by atoms with Crippen molar-refractivity contribution < 1.29 is 14.7 Å². The number of aliphatic hydroxyl groups excluding tert-OH is 1. The number of hydrogen-bond donors (Lipinski definition) is 1. The van der Waals surface area contributed by atoms with Gasteiger partial charge in [-0.2, -0.15) is 0 Å².